The van der Waals surface area contributed by atoms with Crippen molar-refractivity contribution in [1.29, 1.82) is 0 Å². The average molecular weight is 309 g/mol. The Morgan fingerprint density at radius 2 is 1.33 bits per heavy atom. The number of H-pyrrole nitrogens is 2. The molecule has 2 N–H and O–H groups in total. The topological polar surface area (TPSA) is 43.9 Å². The highest BCUT2D eigenvalue weighted by atomic mass is 14.8. The molecule has 3 nitrogen and oxygen atoms in total. The predicted octanol–water partition coefficient (Wildman–Crippen LogP) is 5.05. The lowest BCUT2D eigenvalue weighted by atomic mass is 10.0. The molecule has 24 heavy (non-hydrogen) atoms. The van der Waals surface area contributed by atoms with E-state index in [-0.39, 0.29) is 0 Å². The SMILES string of the molecule is C=C1N=C(c2c[nH]c3ccccc23)C=C1c1c[nH]c2ccccc12. The molecule has 0 saturated heterocycles. The number of hydrogen-bond acceptors (Lipinski definition) is 1. The molecule has 2 aromatic carbocycles. The van der Waals surface area contributed by atoms with Crippen molar-refractivity contribution in [2.24, 2.45) is 4.99 Å². The van der Waals surface area contributed by atoms with E-state index >= 15 is 0 Å². The number of nitrogens with one attached hydrogen (secondary N) is 2. The van der Waals surface area contributed by atoms with Crippen LogP contribution >= 0.6 is 0 Å². The van der Waals surface area contributed by atoms with Gasteiger partial charge in [0.05, 0.1) is 11.4 Å². The van der Waals surface area contributed by atoms with Crippen LogP contribution in [0, 0.1) is 0 Å². The number of hydrogen-bond donors (Lipinski definition) is 2. The Morgan fingerprint density at radius 1 is 0.750 bits per heavy atom. The van der Waals surface area contributed by atoms with Crippen molar-refractivity contribution in [2.45, 2.75) is 0 Å². The van der Waals surface area contributed by atoms with E-state index in [9.17, 15) is 0 Å². The lowest BCUT2D eigenvalue weighted by molar-refractivity contribution is 1.44. The molecule has 1 aliphatic heterocycles. The molecule has 5 rings (SSSR count). The Balaban J connectivity index is 1.65. The Bertz CT molecular complexity index is 1090. The van der Waals surface area contributed by atoms with Crippen molar-refractivity contribution in [3.63, 3.8) is 0 Å². The molecule has 0 radical (unpaired) electrons. The van der Waals surface area contributed by atoms with E-state index in [0.717, 1.165) is 39.1 Å². The largest absolute Gasteiger partial charge is 0.361 e. The Hall–Kier alpha value is -3.33. The molecule has 114 valence electrons. The zero-order valence-electron chi connectivity index (χ0n) is 13.0. The first kappa shape index (κ1) is 13.1. The number of aromatic amines is 2. The summed E-state index contributed by atoms with van der Waals surface area (Å²) < 4.78 is 0. The van der Waals surface area contributed by atoms with Crippen LogP contribution in [0.15, 0.2) is 84.3 Å². The summed E-state index contributed by atoms with van der Waals surface area (Å²) in [6, 6.07) is 16.6. The summed E-state index contributed by atoms with van der Waals surface area (Å²) in [5, 5.41) is 2.38. The molecule has 0 atom stereocenters. The molecule has 0 saturated carbocycles. The third-order valence-electron chi connectivity index (χ3n) is 4.59. The van der Waals surface area contributed by atoms with Gasteiger partial charge in [0, 0.05) is 50.9 Å². The molecular weight excluding hydrogens is 294 g/mol. The van der Waals surface area contributed by atoms with E-state index in [2.05, 4.69) is 53.0 Å². The van der Waals surface area contributed by atoms with Gasteiger partial charge in [0.25, 0.3) is 0 Å². The van der Waals surface area contributed by atoms with Gasteiger partial charge < -0.3 is 9.97 Å². The summed E-state index contributed by atoms with van der Waals surface area (Å²) in [5.41, 5.74) is 7.35. The maximum Gasteiger partial charge on any atom is 0.0737 e. The van der Waals surface area contributed by atoms with E-state index in [1.807, 2.05) is 30.6 Å². The predicted molar refractivity (Wildman–Crippen MR) is 100 cm³/mol. The lowest BCUT2D eigenvalue weighted by Crippen LogP contribution is -1.91. The zero-order chi connectivity index (χ0) is 16.1. The number of fused-ring (bicyclic) bond motifs is 2. The molecule has 0 fully saturated rings. The third-order valence-corrected chi connectivity index (χ3v) is 4.59. The highest BCUT2D eigenvalue weighted by molar-refractivity contribution is 6.23. The number of benzene rings is 2. The van der Waals surface area contributed by atoms with Gasteiger partial charge in [0.15, 0.2) is 0 Å². The van der Waals surface area contributed by atoms with Crippen LogP contribution in [-0.4, -0.2) is 15.7 Å². The second-order valence-electron chi connectivity index (χ2n) is 6.00. The smallest absolute Gasteiger partial charge is 0.0737 e. The van der Waals surface area contributed by atoms with Gasteiger partial charge >= 0.3 is 0 Å². The van der Waals surface area contributed by atoms with Gasteiger partial charge in [0.2, 0.25) is 0 Å². The standard InChI is InChI=1S/C21H15N3/c1-13-16(17-11-22-19-8-4-2-6-14(17)19)10-21(24-13)18-12-23-20-9-5-3-7-15(18)20/h2-12,22-23H,1H2. The van der Waals surface area contributed by atoms with Crippen molar-refractivity contribution in [3.05, 3.63) is 90.4 Å². The monoisotopic (exact) mass is 309 g/mol. The summed E-state index contributed by atoms with van der Waals surface area (Å²) in [5.74, 6) is 0. The number of aliphatic imine (C=N–C) groups is 1. The van der Waals surface area contributed by atoms with E-state index in [4.69, 9.17) is 4.99 Å². The lowest BCUT2D eigenvalue weighted by Gasteiger charge is -2.00. The van der Waals surface area contributed by atoms with Crippen LogP contribution in [0.1, 0.15) is 11.1 Å². The number of rotatable bonds is 2. The molecule has 0 spiro atoms. The molecule has 0 bridgehead atoms. The molecule has 0 unspecified atom stereocenters. The Kier molecular flexibility index (Phi) is 2.65. The summed E-state index contributed by atoms with van der Waals surface area (Å²) >= 11 is 0. The van der Waals surface area contributed by atoms with Crippen molar-refractivity contribution in [1.82, 2.24) is 9.97 Å². The Labute approximate surface area is 139 Å². The zero-order valence-corrected chi connectivity index (χ0v) is 13.0. The van der Waals surface area contributed by atoms with Gasteiger partial charge in [-0.3, -0.25) is 0 Å². The van der Waals surface area contributed by atoms with E-state index in [1.54, 1.807) is 0 Å². The van der Waals surface area contributed by atoms with Crippen molar-refractivity contribution < 1.29 is 0 Å². The van der Waals surface area contributed by atoms with Gasteiger partial charge in [-0.2, -0.15) is 0 Å². The Morgan fingerprint density at radius 3 is 2.04 bits per heavy atom. The molecule has 0 amide bonds. The van der Waals surface area contributed by atoms with Crippen LogP contribution in [0.3, 0.4) is 0 Å². The van der Waals surface area contributed by atoms with Gasteiger partial charge in [-0.05, 0) is 18.2 Å². The summed E-state index contributed by atoms with van der Waals surface area (Å²) in [6.07, 6.45) is 6.19. The number of para-hydroxylation sites is 2. The fourth-order valence-electron chi connectivity index (χ4n) is 3.41. The van der Waals surface area contributed by atoms with E-state index in [0.29, 0.717) is 0 Å². The molecule has 2 aromatic heterocycles. The molecule has 4 aromatic rings. The van der Waals surface area contributed by atoms with Gasteiger partial charge in [-0.1, -0.05) is 43.0 Å². The second-order valence-corrected chi connectivity index (χ2v) is 6.00. The van der Waals surface area contributed by atoms with Gasteiger partial charge in [0.1, 0.15) is 0 Å². The molecule has 3 heterocycles. The minimum atomic E-state index is 0.806. The highest BCUT2D eigenvalue weighted by Crippen LogP contribution is 2.34. The third kappa shape index (κ3) is 1.82. The fourth-order valence-corrected chi connectivity index (χ4v) is 3.41. The summed E-state index contributed by atoms with van der Waals surface area (Å²) in [6.45, 7) is 4.16. The molecular formula is C21H15N3. The maximum absolute atomic E-state index is 4.72. The first-order valence-corrected chi connectivity index (χ1v) is 7.94. The molecule has 1 aliphatic rings. The average Bonchev–Trinajstić information content (AvgIpc) is 3.30. The van der Waals surface area contributed by atoms with Gasteiger partial charge in [-0.15, -0.1) is 0 Å². The van der Waals surface area contributed by atoms with Crippen LogP contribution < -0.4 is 0 Å². The summed E-state index contributed by atoms with van der Waals surface area (Å²) in [4.78, 5) is 11.4. The van der Waals surface area contributed by atoms with E-state index in [1.165, 1.54) is 10.8 Å². The first-order valence-electron chi connectivity index (χ1n) is 7.94. The van der Waals surface area contributed by atoms with Crippen molar-refractivity contribution in [3.8, 4) is 0 Å². The van der Waals surface area contributed by atoms with E-state index < -0.39 is 0 Å². The fraction of sp³-hybridized carbons (Fsp3) is 0. The maximum atomic E-state index is 4.72. The van der Waals surface area contributed by atoms with Crippen LogP contribution in [-0.2, 0) is 0 Å². The highest BCUT2D eigenvalue weighted by Gasteiger charge is 2.20. The first-order chi connectivity index (χ1) is 11.8. The molecule has 3 heteroatoms. The van der Waals surface area contributed by atoms with Crippen LogP contribution in [0.4, 0.5) is 0 Å². The van der Waals surface area contributed by atoms with Crippen LogP contribution in [0.2, 0.25) is 0 Å². The summed E-state index contributed by atoms with van der Waals surface area (Å²) in [7, 11) is 0. The van der Waals surface area contributed by atoms with Gasteiger partial charge in [-0.25, -0.2) is 4.99 Å². The van der Waals surface area contributed by atoms with Crippen molar-refractivity contribution in [2.75, 3.05) is 0 Å². The van der Waals surface area contributed by atoms with Crippen LogP contribution in [0.5, 0.6) is 0 Å². The minimum Gasteiger partial charge on any atom is -0.361 e. The number of aromatic nitrogens is 2. The van der Waals surface area contributed by atoms with Crippen LogP contribution in [0.25, 0.3) is 27.4 Å². The number of allylic oxidation sites excluding steroid dienone is 2. The normalized spacial score (nSPS) is 14.4. The minimum absolute atomic E-state index is 0.806. The number of nitrogens with zero attached hydrogens (tertiary/aromatic N) is 1. The van der Waals surface area contributed by atoms with Crippen molar-refractivity contribution >= 4 is 33.1 Å². The molecule has 0 aliphatic carbocycles. The second kappa shape index (κ2) is 4.83. The quantitative estimate of drug-likeness (QED) is 0.520.